The molecule has 1 aromatic rings. The van der Waals surface area contributed by atoms with E-state index in [4.69, 9.17) is 9.84 Å². The number of ether oxygens (including phenoxy) is 1. The largest absolute Gasteiger partial charge is 0.489 e. The fraction of sp³-hybridized carbons (Fsp3) is 0.308. The fourth-order valence-electron chi connectivity index (χ4n) is 1.21. The zero-order valence-electron chi connectivity index (χ0n) is 9.78. The first kappa shape index (κ1) is 12.3. The third kappa shape index (κ3) is 3.42. The second kappa shape index (κ2) is 5.35. The quantitative estimate of drug-likeness (QED) is 0.793. The summed E-state index contributed by atoms with van der Waals surface area (Å²) in [6.07, 6.45) is 1.56. The third-order valence-electron chi connectivity index (χ3n) is 2.31. The first-order valence-corrected chi connectivity index (χ1v) is 5.11. The van der Waals surface area contributed by atoms with E-state index in [0.717, 1.165) is 16.9 Å². The molecule has 0 radical (unpaired) electrons. The molecule has 0 spiro atoms. The summed E-state index contributed by atoms with van der Waals surface area (Å²) in [5, 5.41) is 8.65. The summed E-state index contributed by atoms with van der Waals surface area (Å²) < 4.78 is 5.50. The molecule has 0 aliphatic rings. The van der Waals surface area contributed by atoms with Gasteiger partial charge < -0.3 is 9.84 Å². The summed E-state index contributed by atoms with van der Waals surface area (Å²) in [5.74, 6) is -0.112. The molecule has 0 bridgehead atoms. The van der Waals surface area contributed by atoms with E-state index in [1.54, 1.807) is 13.0 Å². The molecule has 0 saturated carbocycles. The van der Waals surface area contributed by atoms with Gasteiger partial charge in [0.25, 0.3) is 0 Å². The number of carbonyl (C=O) groups is 1. The Morgan fingerprint density at radius 1 is 1.44 bits per heavy atom. The average molecular weight is 220 g/mol. The van der Waals surface area contributed by atoms with Crippen molar-refractivity contribution in [3.63, 3.8) is 0 Å². The maximum Gasteiger partial charge on any atom is 0.331 e. The van der Waals surface area contributed by atoms with E-state index in [2.05, 4.69) is 0 Å². The van der Waals surface area contributed by atoms with Crippen LogP contribution in [0.3, 0.4) is 0 Å². The molecule has 0 heterocycles. The molecule has 0 saturated heterocycles. The van der Waals surface area contributed by atoms with Crippen LogP contribution in [-0.2, 0) is 4.79 Å². The number of aliphatic carboxylic acids is 1. The van der Waals surface area contributed by atoms with Gasteiger partial charge in [0, 0.05) is 5.57 Å². The second-order valence-electron chi connectivity index (χ2n) is 3.77. The van der Waals surface area contributed by atoms with Gasteiger partial charge in [-0.25, -0.2) is 4.79 Å². The van der Waals surface area contributed by atoms with Gasteiger partial charge in [-0.05, 0) is 44.0 Å². The predicted octanol–water partition coefficient (Wildman–Crippen LogP) is 2.71. The van der Waals surface area contributed by atoms with Crippen molar-refractivity contribution < 1.29 is 14.6 Å². The van der Waals surface area contributed by atoms with Crippen LogP contribution < -0.4 is 4.74 Å². The van der Waals surface area contributed by atoms with E-state index in [1.165, 1.54) is 0 Å². The molecule has 1 aromatic carbocycles. The topological polar surface area (TPSA) is 46.5 Å². The minimum Gasteiger partial charge on any atom is -0.489 e. The van der Waals surface area contributed by atoms with Gasteiger partial charge in [-0.2, -0.15) is 0 Å². The monoisotopic (exact) mass is 220 g/mol. The van der Waals surface area contributed by atoms with Gasteiger partial charge in [0.05, 0.1) is 0 Å². The van der Waals surface area contributed by atoms with Gasteiger partial charge in [0.2, 0.25) is 0 Å². The molecule has 3 heteroatoms. The van der Waals surface area contributed by atoms with Crippen molar-refractivity contribution in [2.45, 2.75) is 20.8 Å². The van der Waals surface area contributed by atoms with Gasteiger partial charge in [-0.1, -0.05) is 12.1 Å². The minimum absolute atomic E-state index is 0.280. The van der Waals surface area contributed by atoms with Gasteiger partial charge in [-0.3, -0.25) is 0 Å². The SMILES string of the molecule is CC(=CCOc1cc(C)ccc1C)C(=O)O. The summed E-state index contributed by atoms with van der Waals surface area (Å²) in [6, 6.07) is 5.94. The maximum atomic E-state index is 10.5. The van der Waals surface area contributed by atoms with Gasteiger partial charge >= 0.3 is 5.97 Å². The highest BCUT2D eigenvalue weighted by molar-refractivity contribution is 5.85. The lowest BCUT2D eigenvalue weighted by Gasteiger charge is -2.07. The minimum atomic E-state index is -0.912. The molecule has 0 atom stereocenters. The Hall–Kier alpha value is -1.77. The predicted molar refractivity (Wildman–Crippen MR) is 62.8 cm³/mol. The van der Waals surface area contributed by atoms with Gasteiger partial charge in [0.15, 0.2) is 0 Å². The molecule has 16 heavy (non-hydrogen) atoms. The Labute approximate surface area is 95.4 Å². The van der Waals surface area contributed by atoms with E-state index in [-0.39, 0.29) is 6.61 Å². The van der Waals surface area contributed by atoms with Crippen LogP contribution in [0.4, 0.5) is 0 Å². The molecule has 0 unspecified atom stereocenters. The summed E-state index contributed by atoms with van der Waals surface area (Å²) in [5.41, 5.74) is 2.47. The summed E-state index contributed by atoms with van der Waals surface area (Å²) in [6.45, 7) is 5.78. The van der Waals surface area contributed by atoms with Crippen LogP contribution in [-0.4, -0.2) is 17.7 Å². The Morgan fingerprint density at radius 2 is 2.12 bits per heavy atom. The lowest BCUT2D eigenvalue weighted by atomic mass is 10.1. The number of carboxylic acid groups (broad SMARTS) is 1. The zero-order valence-corrected chi connectivity index (χ0v) is 9.78. The van der Waals surface area contributed by atoms with Crippen LogP contribution in [0.15, 0.2) is 29.8 Å². The molecule has 0 amide bonds. The second-order valence-corrected chi connectivity index (χ2v) is 3.77. The highest BCUT2D eigenvalue weighted by atomic mass is 16.5. The lowest BCUT2D eigenvalue weighted by molar-refractivity contribution is -0.132. The zero-order chi connectivity index (χ0) is 12.1. The summed E-state index contributed by atoms with van der Waals surface area (Å²) in [4.78, 5) is 10.5. The normalized spacial score (nSPS) is 11.3. The van der Waals surface area contributed by atoms with Crippen molar-refractivity contribution >= 4 is 5.97 Å². The van der Waals surface area contributed by atoms with Crippen molar-refractivity contribution in [1.29, 1.82) is 0 Å². The van der Waals surface area contributed by atoms with E-state index in [1.807, 2.05) is 32.0 Å². The smallest absolute Gasteiger partial charge is 0.331 e. The van der Waals surface area contributed by atoms with Crippen LogP contribution in [0.5, 0.6) is 5.75 Å². The Bertz CT molecular complexity index is 419. The molecule has 0 aromatic heterocycles. The van der Waals surface area contributed by atoms with Crippen LogP contribution in [0.2, 0.25) is 0 Å². The molecule has 86 valence electrons. The number of rotatable bonds is 4. The van der Waals surface area contributed by atoms with Crippen LogP contribution in [0.25, 0.3) is 0 Å². The first-order valence-electron chi connectivity index (χ1n) is 5.11. The van der Waals surface area contributed by atoms with Crippen LogP contribution in [0.1, 0.15) is 18.1 Å². The van der Waals surface area contributed by atoms with Crippen molar-refractivity contribution in [1.82, 2.24) is 0 Å². The number of benzene rings is 1. The van der Waals surface area contributed by atoms with Crippen LogP contribution in [0, 0.1) is 13.8 Å². The molecule has 0 fully saturated rings. The molecule has 1 N–H and O–H groups in total. The third-order valence-corrected chi connectivity index (χ3v) is 2.31. The first-order chi connectivity index (χ1) is 7.50. The van der Waals surface area contributed by atoms with Crippen molar-refractivity contribution in [2.24, 2.45) is 0 Å². The van der Waals surface area contributed by atoms with E-state index in [0.29, 0.717) is 5.57 Å². The molecule has 3 nitrogen and oxygen atoms in total. The van der Waals surface area contributed by atoms with E-state index >= 15 is 0 Å². The Balaban J connectivity index is 2.65. The van der Waals surface area contributed by atoms with Crippen molar-refractivity contribution in [3.8, 4) is 5.75 Å². The Kier molecular flexibility index (Phi) is 4.11. The fourth-order valence-corrected chi connectivity index (χ4v) is 1.21. The number of hydrogen-bond donors (Lipinski definition) is 1. The molecular formula is C13H16O3. The Morgan fingerprint density at radius 3 is 2.75 bits per heavy atom. The molecular weight excluding hydrogens is 204 g/mol. The highest BCUT2D eigenvalue weighted by Gasteiger charge is 2.01. The number of aryl methyl sites for hydroxylation is 2. The molecule has 0 aliphatic heterocycles. The maximum absolute atomic E-state index is 10.5. The number of hydrogen-bond acceptors (Lipinski definition) is 2. The van der Waals surface area contributed by atoms with Crippen molar-refractivity contribution in [2.75, 3.05) is 6.61 Å². The van der Waals surface area contributed by atoms with Crippen LogP contribution >= 0.6 is 0 Å². The average Bonchev–Trinajstić information content (AvgIpc) is 2.22. The standard InChI is InChI=1S/C13H16O3/c1-9-4-5-10(2)12(8-9)16-7-6-11(3)13(14)15/h4-6,8H,7H2,1-3H3,(H,14,15). The number of carboxylic acids is 1. The van der Waals surface area contributed by atoms with E-state index in [9.17, 15) is 4.79 Å². The lowest BCUT2D eigenvalue weighted by Crippen LogP contribution is -2.01. The molecule has 1 rings (SSSR count). The van der Waals surface area contributed by atoms with Gasteiger partial charge in [-0.15, -0.1) is 0 Å². The van der Waals surface area contributed by atoms with Crippen molar-refractivity contribution in [3.05, 3.63) is 41.0 Å². The highest BCUT2D eigenvalue weighted by Crippen LogP contribution is 2.18. The molecule has 0 aliphatic carbocycles. The van der Waals surface area contributed by atoms with E-state index < -0.39 is 5.97 Å². The summed E-state index contributed by atoms with van der Waals surface area (Å²) >= 11 is 0. The summed E-state index contributed by atoms with van der Waals surface area (Å²) in [7, 11) is 0. The van der Waals surface area contributed by atoms with Gasteiger partial charge in [0.1, 0.15) is 12.4 Å².